The number of phenols is 1. The molecular weight excluding hydrogens is 436 g/mol. The number of rotatable bonds is 7. The average molecular weight is 467 g/mol. The van der Waals surface area contributed by atoms with E-state index in [1.54, 1.807) is 12.4 Å². The molecule has 0 fully saturated rings. The molecule has 178 valence electrons. The van der Waals surface area contributed by atoms with E-state index in [1.807, 2.05) is 93.6 Å². The summed E-state index contributed by atoms with van der Waals surface area (Å²) >= 11 is 0. The highest BCUT2D eigenvalue weighted by molar-refractivity contribution is 5.78. The van der Waals surface area contributed by atoms with Gasteiger partial charge in [-0.1, -0.05) is 44.2 Å². The predicted molar refractivity (Wildman–Crippen MR) is 139 cm³/mol. The normalized spacial score (nSPS) is 10.9. The summed E-state index contributed by atoms with van der Waals surface area (Å²) in [6.07, 6.45) is 3.59. The van der Waals surface area contributed by atoms with E-state index < -0.39 is 0 Å². The Morgan fingerprint density at radius 3 is 2.03 bits per heavy atom. The molecule has 2 aromatic carbocycles. The van der Waals surface area contributed by atoms with E-state index in [2.05, 4.69) is 19.9 Å². The van der Waals surface area contributed by atoms with Gasteiger partial charge in [0.05, 0.1) is 17.0 Å². The van der Waals surface area contributed by atoms with Gasteiger partial charge in [0.1, 0.15) is 11.3 Å². The number of para-hydroxylation sites is 2. The summed E-state index contributed by atoms with van der Waals surface area (Å²) in [5.41, 5.74) is 5.80. The third kappa shape index (κ3) is 5.91. The van der Waals surface area contributed by atoms with E-state index in [-0.39, 0.29) is 5.75 Å². The second-order valence-electron chi connectivity index (χ2n) is 8.09. The Morgan fingerprint density at radius 2 is 1.43 bits per heavy atom. The highest BCUT2D eigenvalue weighted by atomic mass is 16.3. The number of pyridine rings is 2. The summed E-state index contributed by atoms with van der Waals surface area (Å²) in [4.78, 5) is 15.8. The lowest BCUT2D eigenvalue weighted by Gasteiger charge is -2.23. The van der Waals surface area contributed by atoms with Gasteiger partial charge < -0.3 is 9.52 Å². The van der Waals surface area contributed by atoms with E-state index >= 15 is 0 Å². The zero-order chi connectivity index (χ0) is 24.6. The number of benzene rings is 2. The molecule has 0 unspecified atom stereocenters. The van der Waals surface area contributed by atoms with Gasteiger partial charge in [-0.05, 0) is 55.0 Å². The molecule has 5 rings (SSSR count). The first-order chi connectivity index (χ1) is 17.2. The molecule has 0 radical (unpaired) electrons. The summed E-state index contributed by atoms with van der Waals surface area (Å²) in [7, 11) is 0. The monoisotopic (exact) mass is 466 g/mol. The maximum atomic E-state index is 11.2. The largest absolute Gasteiger partial charge is 0.507 e. The number of hydrogen-bond donors (Lipinski definition) is 1. The smallest absolute Gasteiger partial charge is 0.231 e. The number of oxazole rings is 1. The van der Waals surface area contributed by atoms with E-state index in [9.17, 15) is 5.11 Å². The summed E-state index contributed by atoms with van der Waals surface area (Å²) < 4.78 is 5.94. The van der Waals surface area contributed by atoms with Gasteiger partial charge in [-0.2, -0.15) is 0 Å². The summed E-state index contributed by atoms with van der Waals surface area (Å²) in [6, 6.07) is 23.3. The molecule has 0 bridgehead atoms. The number of fused-ring (bicyclic) bond motifs is 1. The van der Waals surface area contributed by atoms with Crippen molar-refractivity contribution in [3.8, 4) is 17.2 Å². The molecule has 0 aliphatic rings. The van der Waals surface area contributed by atoms with Crippen LogP contribution < -0.4 is 0 Å². The van der Waals surface area contributed by atoms with Crippen LogP contribution in [0, 0.1) is 6.92 Å². The van der Waals surface area contributed by atoms with Gasteiger partial charge in [0.25, 0.3) is 0 Å². The fourth-order valence-electron chi connectivity index (χ4n) is 3.97. The van der Waals surface area contributed by atoms with Gasteiger partial charge in [0, 0.05) is 37.6 Å². The Labute approximate surface area is 205 Å². The zero-order valence-electron chi connectivity index (χ0n) is 20.3. The van der Waals surface area contributed by atoms with Crippen LogP contribution in [-0.2, 0) is 19.6 Å². The third-order valence-electron chi connectivity index (χ3n) is 5.47. The molecule has 0 saturated heterocycles. The van der Waals surface area contributed by atoms with E-state index in [0.717, 1.165) is 28.0 Å². The topological polar surface area (TPSA) is 75.3 Å². The standard InChI is InChI=1S/C27H24N4O2.C2H6/c1-19-14-20(26(32)23(15-19)27-30-24-10-2-3-11-25(24)33-27)16-31(17-21-8-4-6-12-28-21)18-22-9-5-7-13-29-22;1-2/h2-15,32H,16-18H2,1H3;1-2H3. The van der Waals surface area contributed by atoms with Gasteiger partial charge >= 0.3 is 0 Å². The Morgan fingerprint density at radius 1 is 0.800 bits per heavy atom. The molecule has 3 aromatic heterocycles. The first-order valence-electron chi connectivity index (χ1n) is 11.9. The van der Waals surface area contributed by atoms with Crippen molar-refractivity contribution in [2.45, 2.75) is 40.4 Å². The van der Waals surface area contributed by atoms with Crippen molar-refractivity contribution in [3.05, 3.63) is 108 Å². The summed E-state index contributed by atoms with van der Waals surface area (Å²) in [6.45, 7) is 7.79. The molecular formula is C29H30N4O2. The molecule has 6 nitrogen and oxygen atoms in total. The van der Waals surface area contributed by atoms with Crippen LogP contribution in [0.15, 0.2) is 89.6 Å². The molecule has 0 saturated carbocycles. The van der Waals surface area contributed by atoms with Crippen molar-refractivity contribution in [3.63, 3.8) is 0 Å². The highest BCUT2D eigenvalue weighted by Crippen LogP contribution is 2.35. The molecule has 0 atom stereocenters. The molecule has 6 heteroatoms. The van der Waals surface area contributed by atoms with Gasteiger partial charge in [0.2, 0.25) is 5.89 Å². The van der Waals surface area contributed by atoms with Crippen LogP contribution in [0.25, 0.3) is 22.6 Å². The average Bonchev–Trinajstić information content (AvgIpc) is 3.32. The number of nitrogens with zero attached hydrogens (tertiary/aromatic N) is 4. The minimum absolute atomic E-state index is 0.180. The molecule has 5 aromatic rings. The van der Waals surface area contributed by atoms with Crippen LogP contribution in [0.1, 0.15) is 36.4 Å². The fraction of sp³-hybridized carbons (Fsp3) is 0.207. The van der Waals surface area contributed by atoms with Crippen molar-refractivity contribution in [1.82, 2.24) is 19.9 Å². The molecule has 0 amide bonds. The van der Waals surface area contributed by atoms with Gasteiger partial charge in [-0.25, -0.2) is 4.98 Å². The number of hydrogen-bond acceptors (Lipinski definition) is 6. The van der Waals surface area contributed by atoms with Crippen LogP contribution in [0.4, 0.5) is 0 Å². The van der Waals surface area contributed by atoms with Gasteiger partial charge in [-0.15, -0.1) is 0 Å². The van der Waals surface area contributed by atoms with Crippen molar-refractivity contribution in [1.29, 1.82) is 0 Å². The van der Waals surface area contributed by atoms with Crippen molar-refractivity contribution < 1.29 is 9.52 Å². The van der Waals surface area contributed by atoms with E-state index in [1.165, 1.54) is 0 Å². The lowest BCUT2D eigenvalue weighted by Crippen LogP contribution is -2.23. The quantitative estimate of drug-likeness (QED) is 0.294. The molecule has 0 spiro atoms. The second kappa shape index (κ2) is 11.4. The number of aryl methyl sites for hydroxylation is 1. The minimum Gasteiger partial charge on any atom is -0.507 e. The Bertz CT molecular complexity index is 1290. The lowest BCUT2D eigenvalue weighted by molar-refractivity contribution is 0.238. The minimum atomic E-state index is 0.180. The van der Waals surface area contributed by atoms with Crippen LogP contribution in [-0.4, -0.2) is 25.0 Å². The van der Waals surface area contributed by atoms with Crippen molar-refractivity contribution in [2.24, 2.45) is 0 Å². The van der Waals surface area contributed by atoms with Crippen LogP contribution in [0.5, 0.6) is 5.75 Å². The number of aromatic hydroxyl groups is 1. The van der Waals surface area contributed by atoms with Gasteiger partial charge in [0.15, 0.2) is 5.58 Å². The molecule has 1 N–H and O–H groups in total. The Kier molecular flexibility index (Phi) is 7.85. The Balaban J connectivity index is 0.00000141. The first-order valence-corrected chi connectivity index (χ1v) is 11.9. The Hall–Kier alpha value is -4.03. The zero-order valence-corrected chi connectivity index (χ0v) is 20.3. The van der Waals surface area contributed by atoms with Crippen molar-refractivity contribution >= 4 is 11.1 Å². The van der Waals surface area contributed by atoms with Crippen LogP contribution in [0.2, 0.25) is 0 Å². The second-order valence-corrected chi connectivity index (χ2v) is 8.09. The van der Waals surface area contributed by atoms with Gasteiger partial charge in [-0.3, -0.25) is 14.9 Å². The van der Waals surface area contributed by atoms with E-state index in [0.29, 0.717) is 36.7 Å². The number of phenolic OH excluding ortho intramolecular Hbond substituents is 1. The maximum Gasteiger partial charge on any atom is 0.231 e. The summed E-state index contributed by atoms with van der Waals surface area (Å²) in [5.74, 6) is 0.596. The summed E-state index contributed by atoms with van der Waals surface area (Å²) in [5, 5.41) is 11.2. The first kappa shape index (κ1) is 24.1. The SMILES string of the molecule is CC.Cc1cc(CN(Cc2ccccn2)Cc2ccccn2)c(O)c(-c2nc3ccccc3o2)c1. The fourth-order valence-corrected chi connectivity index (χ4v) is 3.97. The lowest BCUT2D eigenvalue weighted by atomic mass is 10.0. The van der Waals surface area contributed by atoms with Crippen LogP contribution >= 0.6 is 0 Å². The number of aromatic nitrogens is 3. The molecule has 35 heavy (non-hydrogen) atoms. The van der Waals surface area contributed by atoms with E-state index in [4.69, 9.17) is 4.42 Å². The highest BCUT2D eigenvalue weighted by Gasteiger charge is 2.19. The molecule has 0 aliphatic carbocycles. The molecule has 0 aliphatic heterocycles. The van der Waals surface area contributed by atoms with Crippen LogP contribution in [0.3, 0.4) is 0 Å². The van der Waals surface area contributed by atoms with Crippen molar-refractivity contribution in [2.75, 3.05) is 0 Å². The molecule has 3 heterocycles. The third-order valence-corrected chi connectivity index (χ3v) is 5.47. The predicted octanol–water partition coefficient (Wildman–Crippen LogP) is 6.53. The maximum absolute atomic E-state index is 11.2.